The Morgan fingerprint density at radius 2 is 2.10 bits per heavy atom. The van der Waals surface area contributed by atoms with Crippen molar-refractivity contribution in [1.29, 1.82) is 0 Å². The molecule has 30 heavy (non-hydrogen) atoms. The fourth-order valence-electron chi connectivity index (χ4n) is 3.72. The Bertz CT molecular complexity index is 1050. The first kappa shape index (κ1) is 20.3. The zero-order valence-electron chi connectivity index (χ0n) is 16.5. The van der Waals surface area contributed by atoms with Gasteiger partial charge >= 0.3 is 6.03 Å². The van der Waals surface area contributed by atoms with Crippen molar-refractivity contribution in [3.8, 4) is 0 Å². The number of hydrogen-bond donors (Lipinski definition) is 3. The number of carbonyl (C=O) groups excluding carboxylic acids is 3. The summed E-state index contributed by atoms with van der Waals surface area (Å²) in [5.41, 5.74) is -0.715. The average molecular weight is 433 g/mol. The van der Waals surface area contributed by atoms with Crippen molar-refractivity contribution >= 4 is 39.4 Å². The molecule has 10 nitrogen and oxygen atoms in total. The van der Waals surface area contributed by atoms with Crippen LogP contribution < -0.4 is 15.4 Å². The highest BCUT2D eigenvalue weighted by atomic mass is 32.2. The highest BCUT2D eigenvalue weighted by molar-refractivity contribution is 7.90. The first-order valence-corrected chi connectivity index (χ1v) is 11.3. The third kappa shape index (κ3) is 3.89. The van der Waals surface area contributed by atoms with E-state index >= 15 is 0 Å². The summed E-state index contributed by atoms with van der Waals surface area (Å²) in [6, 6.07) is 5.16. The lowest BCUT2D eigenvalue weighted by Crippen LogP contribution is -2.46. The van der Waals surface area contributed by atoms with Gasteiger partial charge in [0, 0.05) is 18.7 Å². The number of imide groups is 1. The lowest BCUT2D eigenvalue weighted by atomic mass is 9.96. The summed E-state index contributed by atoms with van der Waals surface area (Å²) < 4.78 is 27.5. The number of aliphatic imine (C=N–C) groups is 1. The Labute approximate surface area is 174 Å². The molecular formula is C19H23N5O5S. The Kier molecular flexibility index (Phi) is 5.00. The van der Waals surface area contributed by atoms with Gasteiger partial charge < -0.3 is 10.6 Å². The van der Waals surface area contributed by atoms with Gasteiger partial charge in [-0.3, -0.25) is 24.2 Å². The maximum absolute atomic E-state index is 12.6. The number of rotatable bonds is 6. The smallest absolute Gasteiger partial charge is 0.324 e. The molecule has 1 aliphatic carbocycles. The number of benzene rings is 1. The number of hydrogen-bond acceptors (Lipinski definition) is 6. The van der Waals surface area contributed by atoms with Crippen LogP contribution in [0.1, 0.15) is 32.6 Å². The zero-order chi connectivity index (χ0) is 21.5. The SMILES string of the molecule is C[C@@]1(C2CC2)NC(=O)N(CC(=O)Nc2cccc(S(=O)(=O)NC3=NCCC3)c2)C1=O. The number of nitrogens with zero attached hydrogens (tertiary/aromatic N) is 2. The monoisotopic (exact) mass is 433 g/mol. The van der Waals surface area contributed by atoms with E-state index in [1.54, 1.807) is 6.92 Å². The minimum Gasteiger partial charge on any atom is -0.324 e. The number of sulfonamides is 1. The summed E-state index contributed by atoms with van der Waals surface area (Å²) in [7, 11) is -3.82. The molecule has 11 heteroatoms. The molecule has 3 N–H and O–H groups in total. The molecule has 1 aromatic rings. The van der Waals surface area contributed by atoms with E-state index in [1.807, 2.05) is 0 Å². The van der Waals surface area contributed by atoms with Gasteiger partial charge in [0.25, 0.3) is 15.9 Å². The molecule has 1 saturated carbocycles. The van der Waals surface area contributed by atoms with Crippen LogP contribution in [0.5, 0.6) is 0 Å². The summed E-state index contributed by atoms with van der Waals surface area (Å²) in [5, 5.41) is 5.24. The Morgan fingerprint density at radius 3 is 2.77 bits per heavy atom. The molecule has 1 aromatic carbocycles. The summed E-state index contributed by atoms with van der Waals surface area (Å²) in [5.74, 6) is -0.494. The van der Waals surface area contributed by atoms with Crippen molar-refractivity contribution in [3.05, 3.63) is 24.3 Å². The number of anilines is 1. The van der Waals surface area contributed by atoms with Crippen LogP contribution in [0.25, 0.3) is 0 Å². The molecule has 160 valence electrons. The van der Waals surface area contributed by atoms with E-state index in [-0.39, 0.29) is 16.5 Å². The van der Waals surface area contributed by atoms with Gasteiger partial charge in [-0.15, -0.1) is 0 Å². The van der Waals surface area contributed by atoms with Gasteiger partial charge in [-0.05, 0) is 50.3 Å². The minimum atomic E-state index is -3.82. The second-order valence-electron chi connectivity index (χ2n) is 7.91. The van der Waals surface area contributed by atoms with Gasteiger partial charge in [0.2, 0.25) is 5.91 Å². The number of nitrogens with one attached hydrogen (secondary N) is 3. The van der Waals surface area contributed by atoms with E-state index in [2.05, 4.69) is 20.3 Å². The maximum Gasteiger partial charge on any atom is 0.325 e. The topological polar surface area (TPSA) is 137 Å². The third-order valence-corrected chi connectivity index (χ3v) is 6.93. The Hall–Kier alpha value is -2.95. The third-order valence-electron chi connectivity index (χ3n) is 5.55. The Morgan fingerprint density at radius 1 is 1.33 bits per heavy atom. The quantitative estimate of drug-likeness (QED) is 0.571. The lowest BCUT2D eigenvalue weighted by Gasteiger charge is -2.20. The van der Waals surface area contributed by atoms with Gasteiger partial charge in [0.15, 0.2) is 0 Å². The van der Waals surface area contributed by atoms with E-state index in [1.165, 1.54) is 24.3 Å². The summed E-state index contributed by atoms with van der Waals surface area (Å²) >= 11 is 0. The average Bonchev–Trinajstić information content (AvgIpc) is 3.39. The first-order valence-electron chi connectivity index (χ1n) is 9.79. The van der Waals surface area contributed by atoms with Gasteiger partial charge in [-0.2, -0.15) is 0 Å². The molecule has 4 amide bonds. The van der Waals surface area contributed by atoms with Crippen molar-refractivity contribution < 1.29 is 22.8 Å². The molecule has 0 bridgehead atoms. The van der Waals surface area contributed by atoms with Crippen LogP contribution in [0.15, 0.2) is 34.2 Å². The molecule has 2 heterocycles. The van der Waals surface area contributed by atoms with Crippen LogP contribution in [0.2, 0.25) is 0 Å². The van der Waals surface area contributed by atoms with Crippen molar-refractivity contribution in [2.75, 3.05) is 18.4 Å². The van der Waals surface area contributed by atoms with Crippen molar-refractivity contribution in [2.45, 2.75) is 43.0 Å². The maximum atomic E-state index is 12.6. The fraction of sp³-hybridized carbons (Fsp3) is 0.474. The van der Waals surface area contributed by atoms with Crippen LogP contribution in [0.4, 0.5) is 10.5 Å². The number of urea groups is 1. The number of carbonyl (C=O) groups is 3. The van der Waals surface area contributed by atoms with Gasteiger partial charge in [-0.25, -0.2) is 13.2 Å². The second kappa shape index (κ2) is 7.38. The molecular weight excluding hydrogens is 410 g/mol. The number of amides is 4. The largest absolute Gasteiger partial charge is 0.325 e. The molecule has 1 saturated heterocycles. The summed E-state index contributed by atoms with van der Waals surface area (Å²) in [6.07, 6.45) is 3.10. The predicted octanol–water partition coefficient (Wildman–Crippen LogP) is 0.816. The van der Waals surface area contributed by atoms with Gasteiger partial charge in [0.1, 0.15) is 17.9 Å². The summed E-state index contributed by atoms with van der Waals surface area (Å²) in [6.45, 7) is 1.83. The van der Waals surface area contributed by atoms with E-state index in [4.69, 9.17) is 0 Å². The highest BCUT2D eigenvalue weighted by Crippen LogP contribution is 2.42. The standard InChI is InChI=1S/C19H23N5O5S/c1-19(12-7-8-12)17(26)24(18(27)22-19)11-16(25)21-13-4-2-5-14(10-13)30(28,29)23-15-6-3-9-20-15/h2,4-5,10,12H,3,6-9,11H2,1H3,(H,20,23)(H,21,25)(H,22,27)/t19-/m0/s1. The second-order valence-corrected chi connectivity index (χ2v) is 9.59. The fourth-order valence-corrected chi connectivity index (χ4v) is 4.85. The molecule has 4 rings (SSSR count). The number of amidine groups is 1. The van der Waals surface area contributed by atoms with Crippen molar-refractivity contribution in [1.82, 2.24) is 14.9 Å². The van der Waals surface area contributed by atoms with Crippen LogP contribution in [-0.4, -0.2) is 55.6 Å². The van der Waals surface area contributed by atoms with E-state index in [0.29, 0.717) is 18.8 Å². The van der Waals surface area contributed by atoms with Crippen molar-refractivity contribution in [3.63, 3.8) is 0 Å². The molecule has 2 fully saturated rings. The molecule has 2 aliphatic heterocycles. The minimum absolute atomic E-state index is 0.0220. The van der Waals surface area contributed by atoms with E-state index < -0.39 is 40.0 Å². The van der Waals surface area contributed by atoms with Gasteiger partial charge in [-0.1, -0.05) is 6.07 Å². The van der Waals surface area contributed by atoms with Crippen LogP contribution >= 0.6 is 0 Å². The Balaban J connectivity index is 1.42. The van der Waals surface area contributed by atoms with Crippen molar-refractivity contribution in [2.24, 2.45) is 10.9 Å². The van der Waals surface area contributed by atoms with Crippen LogP contribution in [0, 0.1) is 5.92 Å². The molecule has 0 aromatic heterocycles. The molecule has 0 radical (unpaired) electrons. The zero-order valence-corrected chi connectivity index (χ0v) is 17.3. The normalized spacial score (nSPS) is 23.9. The van der Waals surface area contributed by atoms with Crippen LogP contribution in [-0.2, 0) is 19.6 Å². The molecule has 0 spiro atoms. The highest BCUT2D eigenvalue weighted by Gasteiger charge is 2.56. The molecule has 1 atom stereocenters. The van der Waals surface area contributed by atoms with E-state index in [9.17, 15) is 22.8 Å². The lowest BCUT2D eigenvalue weighted by molar-refractivity contribution is -0.134. The molecule has 0 unspecified atom stereocenters. The molecule has 3 aliphatic rings. The summed E-state index contributed by atoms with van der Waals surface area (Å²) in [4.78, 5) is 42.2. The van der Waals surface area contributed by atoms with Gasteiger partial charge in [0.05, 0.1) is 4.90 Å². The van der Waals surface area contributed by atoms with Crippen LogP contribution in [0.3, 0.4) is 0 Å². The predicted molar refractivity (Wildman–Crippen MR) is 108 cm³/mol. The first-order chi connectivity index (χ1) is 14.2. The van der Waals surface area contributed by atoms with E-state index in [0.717, 1.165) is 24.2 Å².